The largest absolute Gasteiger partial charge is 0.0776 e. The minimum Gasteiger partial charge on any atom is -0.0776 e. The monoisotopic (exact) mass is 228 g/mol. The molecule has 0 N–H and O–H groups in total. The van der Waals surface area contributed by atoms with Crippen molar-refractivity contribution in [3.05, 3.63) is 59.7 Å². The third-order valence-corrected chi connectivity index (χ3v) is 2.48. The predicted molar refractivity (Wildman–Crippen MR) is 79.4 cm³/mol. The molecule has 2 aromatic rings. The summed E-state index contributed by atoms with van der Waals surface area (Å²) in [4.78, 5) is 0. The Morgan fingerprint density at radius 1 is 0.765 bits per heavy atom. The minimum absolute atomic E-state index is 0. The van der Waals surface area contributed by atoms with Gasteiger partial charge in [-0.2, -0.15) is 0 Å². The van der Waals surface area contributed by atoms with Crippen molar-refractivity contribution in [3.8, 4) is 11.1 Å². The van der Waals surface area contributed by atoms with E-state index in [0.717, 1.165) is 0 Å². The number of hydrogen-bond acceptors (Lipinski definition) is 0. The van der Waals surface area contributed by atoms with Crippen LogP contribution >= 0.6 is 0 Å². The van der Waals surface area contributed by atoms with E-state index in [1.807, 2.05) is 13.8 Å². The van der Waals surface area contributed by atoms with Crippen LogP contribution in [-0.2, 0) is 0 Å². The normalized spacial score (nSPS) is 8.71. The van der Waals surface area contributed by atoms with Crippen LogP contribution < -0.4 is 0 Å². The SMILES string of the molecule is C.CC.Cc1ccc(C)c(-c2ccccc2)c1. The lowest BCUT2D eigenvalue weighted by molar-refractivity contribution is 1.39. The highest BCUT2D eigenvalue weighted by Gasteiger charge is 2.00. The van der Waals surface area contributed by atoms with Gasteiger partial charge in [-0.1, -0.05) is 75.4 Å². The molecular weight excluding hydrogens is 204 g/mol. The Morgan fingerprint density at radius 2 is 1.35 bits per heavy atom. The highest BCUT2D eigenvalue weighted by Crippen LogP contribution is 2.23. The fraction of sp³-hybridized carbons (Fsp3) is 0.294. The molecule has 0 heterocycles. The van der Waals surface area contributed by atoms with E-state index < -0.39 is 0 Å². The topological polar surface area (TPSA) is 0 Å². The molecule has 0 unspecified atom stereocenters. The first-order chi connectivity index (χ1) is 7.77. The molecule has 0 saturated heterocycles. The molecule has 17 heavy (non-hydrogen) atoms. The van der Waals surface area contributed by atoms with Gasteiger partial charge in [0.25, 0.3) is 0 Å². The highest BCUT2D eigenvalue weighted by molar-refractivity contribution is 5.67. The Labute approximate surface area is 106 Å². The van der Waals surface area contributed by atoms with E-state index in [0.29, 0.717) is 0 Å². The lowest BCUT2D eigenvalue weighted by Gasteiger charge is -2.06. The lowest BCUT2D eigenvalue weighted by atomic mass is 9.99. The molecule has 92 valence electrons. The van der Waals surface area contributed by atoms with Crippen LogP contribution in [0.5, 0.6) is 0 Å². The molecule has 0 aliphatic rings. The molecule has 0 amide bonds. The van der Waals surface area contributed by atoms with Gasteiger partial charge in [-0.3, -0.25) is 0 Å². The van der Waals surface area contributed by atoms with Gasteiger partial charge < -0.3 is 0 Å². The summed E-state index contributed by atoms with van der Waals surface area (Å²) in [6.45, 7) is 8.29. The van der Waals surface area contributed by atoms with Crippen LogP contribution in [0.1, 0.15) is 32.4 Å². The standard InChI is InChI=1S/C14H14.C2H6.CH4/c1-11-8-9-12(2)14(10-11)13-6-4-3-5-7-13;1-2;/h3-10H,1-2H3;1-2H3;1H4. The molecule has 0 atom stereocenters. The second-order valence-electron chi connectivity index (χ2n) is 3.68. The van der Waals surface area contributed by atoms with E-state index in [-0.39, 0.29) is 7.43 Å². The maximum absolute atomic E-state index is 2.24. The Hall–Kier alpha value is -1.56. The first-order valence-electron chi connectivity index (χ1n) is 5.90. The third kappa shape index (κ3) is 4.07. The first-order valence-corrected chi connectivity index (χ1v) is 5.90. The van der Waals surface area contributed by atoms with Gasteiger partial charge >= 0.3 is 0 Å². The predicted octanol–water partition coefficient (Wildman–Crippen LogP) is 5.63. The molecule has 0 aromatic heterocycles. The van der Waals surface area contributed by atoms with Crippen LogP contribution in [0.2, 0.25) is 0 Å². The zero-order valence-corrected chi connectivity index (χ0v) is 10.6. The summed E-state index contributed by atoms with van der Waals surface area (Å²) in [6.07, 6.45) is 0. The molecule has 0 heteroatoms. The zero-order valence-electron chi connectivity index (χ0n) is 10.6. The molecule has 0 saturated carbocycles. The molecule has 0 aliphatic heterocycles. The van der Waals surface area contributed by atoms with E-state index in [4.69, 9.17) is 0 Å². The molecule has 0 spiro atoms. The maximum atomic E-state index is 2.24. The van der Waals surface area contributed by atoms with Gasteiger partial charge in [0.05, 0.1) is 0 Å². The van der Waals surface area contributed by atoms with Crippen molar-refractivity contribution >= 4 is 0 Å². The molecule has 0 fully saturated rings. The fourth-order valence-electron chi connectivity index (χ4n) is 1.66. The maximum Gasteiger partial charge on any atom is -0.0152 e. The molecule has 2 rings (SSSR count). The number of rotatable bonds is 1. The van der Waals surface area contributed by atoms with Crippen molar-refractivity contribution in [2.45, 2.75) is 35.1 Å². The Balaban J connectivity index is 0.000000811. The smallest absolute Gasteiger partial charge is 0.0152 e. The zero-order chi connectivity index (χ0) is 12.0. The van der Waals surface area contributed by atoms with Gasteiger partial charge in [0, 0.05) is 0 Å². The van der Waals surface area contributed by atoms with Gasteiger partial charge in [-0.25, -0.2) is 0 Å². The summed E-state index contributed by atoms with van der Waals surface area (Å²) < 4.78 is 0. The second-order valence-corrected chi connectivity index (χ2v) is 3.68. The Bertz CT molecular complexity index is 427. The van der Waals surface area contributed by atoms with Crippen LogP contribution in [0, 0.1) is 13.8 Å². The first kappa shape index (κ1) is 15.4. The van der Waals surface area contributed by atoms with Gasteiger partial charge in [0.1, 0.15) is 0 Å². The van der Waals surface area contributed by atoms with Crippen molar-refractivity contribution in [2.75, 3.05) is 0 Å². The molecule has 0 aliphatic carbocycles. The van der Waals surface area contributed by atoms with Gasteiger partial charge in [-0.15, -0.1) is 0 Å². The minimum atomic E-state index is 0. The van der Waals surface area contributed by atoms with Crippen molar-refractivity contribution < 1.29 is 0 Å². The number of aryl methyl sites for hydroxylation is 2. The van der Waals surface area contributed by atoms with E-state index >= 15 is 0 Å². The van der Waals surface area contributed by atoms with Gasteiger partial charge in [0.15, 0.2) is 0 Å². The third-order valence-electron chi connectivity index (χ3n) is 2.48. The quantitative estimate of drug-likeness (QED) is 0.593. The lowest BCUT2D eigenvalue weighted by Crippen LogP contribution is -1.83. The van der Waals surface area contributed by atoms with E-state index in [1.54, 1.807) is 0 Å². The Morgan fingerprint density at radius 3 is 1.94 bits per heavy atom. The summed E-state index contributed by atoms with van der Waals surface area (Å²) in [5.41, 5.74) is 5.29. The average molecular weight is 228 g/mol. The molecular formula is C17H24. The summed E-state index contributed by atoms with van der Waals surface area (Å²) in [5.74, 6) is 0. The van der Waals surface area contributed by atoms with Crippen molar-refractivity contribution in [3.63, 3.8) is 0 Å². The summed E-state index contributed by atoms with van der Waals surface area (Å²) in [6, 6.07) is 17.1. The number of hydrogen-bond donors (Lipinski definition) is 0. The highest BCUT2D eigenvalue weighted by atomic mass is 14.0. The number of benzene rings is 2. The van der Waals surface area contributed by atoms with Crippen molar-refractivity contribution in [1.82, 2.24) is 0 Å². The van der Waals surface area contributed by atoms with E-state index in [2.05, 4.69) is 62.4 Å². The fourth-order valence-corrected chi connectivity index (χ4v) is 1.66. The van der Waals surface area contributed by atoms with Crippen LogP contribution in [0.3, 0.4) is 0 Å². The molecule has 2 aromatic carbocycles. The van der Waals surface area contributed by atoms with E-state index in [1.165, 1.54) is 22.3 Å². The van der Waals surface area contributed by atoms with Gasteiger partial charge in [0.2, 0.25) is 0 Å². The summed E-state index contributed by atoms with van der Waals surface area (Å²) in [5, 5.41) is 0. The summed E-state index contributed by atoms with van der Waals surface area (Å²) in [7, 11) is 0. The molecule has 0 bridgehead atoms. The summed E-state index contributed by atoms with van der Waals surface area (Å²) >= 11 is 0. The van der Waals surface area contributed by atoms with Crippen LogP contribution in [0.25, 0.3) is 11.1 Å². The van der Waals surface area contributed by atoms with Crippen LogP contribution in [-0.4, -0.2) is 0 Å². The van der Waals surface area contributed by atoms with Crippen LogP contribution in [0.4, 0.5) is 0 Å². The second kappa shape index (κ2) is 7.67. The van der Waals surface area contributed by atoms with Crippen molar-refractivity contribution in [1.29, 1.82) is 0 Å². The molecule has 0 nitrogen and oxygen atoms in total. The van der Waals surface area contributed by atoms with Gasteiger partial charge in [-0.05, 0) is 30.5 Å². The molecule has 0 radical (unpaired) electrons. The van der Waals surface area contributed by atoms with Crippen LogP contribution in [0.15, 0.2) is 48.5 Å². The van der Waals surface area contributed by atoms with E-state index in [9.17, 15) is 0 Å². The Kier molecular flexibility index (Phi) is 6.97. The van der Waals surface area contributed by atoms with Crippen molar-refractivity contribution in [2.24, 2.45) is 0 Å². The average Bonchev–Trinajstić information content (AvgIpc) is 2.36.